The van der Waals surface area contributed by atoms with Gasteiger partial charge in [0.15, 0.2) is 0 Å². The minimum Gasteiger partial charge on any atom is -0.379 e. The van der Waals surface area contributed by atoms with Crippen molar-refractivity contribution in [1.82, 2.24) is 15.5 Å². The quantitative estimate of drug-likeness (QED) is 0.620. The Labute approximate surface area is 123 Å². The molecular formula is C15H31N3O2. The van der Waals surface area contributed by atoms with Gasteiger partial charge in [-0.15, -0.1) is 0 Å². The Hall–Kier alpha value is -0.650. The smallest absolute Gasteiger partial charge is 0.236 e. The summed E-state index contributed by atoms with van der Waals surface area (Å²) in [5.74, 6) is 0.106. The van der Waals surface area contributed by atoms with Crippen molar-refractivity contribution in [3.63, 3.8) is 0 Å². The normalized spacial score (nSPS) is 19.6. The molecule has 0 aromatic carbocycles. The number of hydrogen-bond donors (Lipinski definition) is 2. The summed E-state index contributed by atoms with van der Waals surface area (Å²) in [7, 11) is 0. The maximum Gasteiger partial charge on any atom is 0.236 e. The molecule has 1 aliphatic rings. The Morgan fingerprint density at radius 2 is 1.95 bits per heavy atom. The zero-order valence-electron chi connectivity index (χ0n) is 13.3. The monoisotopic (exact) mass is 285 g/mol. The van der Waals surface area contributed by atoms with Gasteiger partial charge in [-0.3, -0.25) is 9.69 Å². The second-order valence-electron chi connectivity index (χ2n) is 5.70. The Bertz CT molecular complexity index is 268. The summed E-state index contributed by atoms with van der Waals surface area (Å²) < 4.78 is 5.34. The van der Waals surface area contributed by atoms with Gasteiger partial charge >= 0.3 is 0 Å². The lowest BCUT2D eigenvalue weighted by Gasteiger charge is -2.30. The van der Waals surface area contributed by atoms with Gasteiger partial charge in [-0.2, -0.15) is 0 Å². The highest BCUT2D eigenvalue weighted by atomic mass is 16.5. The standard InChI is InChI=1S/C15H31N3O2/c1-4-5-6-7-16-15(19)14(3)17-13(2)12-18-8-10-20-11-9-18/h13-14,17H,4-12H2,1-3H3,(H,16,19). The van der Waals surface area contributed by atoms with E-state index in [1.54, 1.807) is 0 Å². The van der Waals surface area contributed by atoms with Crippen molar-refractivity contribution in [3.05, 3.63) is 0 Å². The first kappa shape index (κ1) is 17.4. The Morgan fingerprint density at radius 1 is 1.25 bits per heavy atom. The highest BCUT2D eigenvalue weighted by molar-refractivity contribution is 5.81. The zero-order chi connectivity index (χ0) is 14.8. The van der Waals surface area contributed by atoms with E-state index in [2.05, 4.69) is 29.4 Å². The van der Waals surface area contributed by atoms with Crippen LogP contribution in [0.4, 0.5) is 0 Å². The van der Waals surface area contributed by atoms with Crippen LogP contribution >= 0.6 is 0 Å². The largest absolute Gasteiger partial charge is 0.379 e. The first-order valence-electron chi connectivity index (χ1n) is 7.97. The van der Waals surface area contributed by atoms with Crippen molar-refractivity contribution >= 4 is 5.91 Å². The van der Waals surface area contributed by atoms with Gasteiger partial charge in [0.25, 0.3) is 0 Å². The summed E-state index contributed by atoms with van der Waals surface area (Å²) in [4.78, 5) is 14.3. The van der Waals surface area contributed by atoms with E-state index in [-0.39, 0.29) is 11.9 Å². The molecule has 1 rings (SSSR count). The molecule has 2 unspecified atom stereocenters. The second kappa shape index (κ2) is 10.1. The third-order valence-corrected chi connectivity index (χ3v) is 3.64. The van der Waals surface area contributed by atoms with Crippen LogP contribution in [0.3, 0.4) is 0 Å². The minimum absolute atomic E-state index is 0.106. The average Bonchev–Trinajstić information content (AvgIpc) is 2.44. The molecule has 1 fully saturated rings. The van der Waals surface area contributed by atoms with Gasteiger partial charge in [-0.1, -0.05) is 19.8 Å². The maximum absolute atomic E-state index is 11.9. The molecule has 0 aromatic heterocycles. The van der Waals surface area contributed by atoms with Crippen molar-refractivity contribution in [1.29, 1.82) is 0 Å². The molecule has 5 heteroatoms. The molecule has 20 heavy (non-hydrogen) atoms. The second-order valence-corrected chi connectivity index (χ2v) is 5.70. The number of carbonyl (C=O) groups excluding carboxylic acids is 1. The summed E-state index contributed by atoms with van der Waals surface area (Å²) in [5.41, 5.74) is 0. The highest BCUT2D eigenvalue weighted by Crippen LogP contribution is 1.99. The number of morpholine rings is 1. The van der Waals surface area contributed by atoms with Crippen molar-refractivity contribution < 1.29 is 9.53 Å². The van der Waals surface area contributed by atoms with Crippen LogP contribution in [-0.2, 0) is 9.53 Å². The van der Waals surface area contributed by atoms with Gasteiger partial charge in [-0.05, 0) is 20.3 Å². The molecule has 0 aliphatic carbocycles. The Balaban J connectivity index is 2.15. The van der Waals surface area contributed by atoms with Gasteiger partial charge in [0.1, 0.15) is 0 Å². The van der Waals surface area contributed by atoms with Gasteiger partial charge < -0.3 is 15.4 Å². The average molecular weight is 285 g/mol. The molecule has 0 bridgehead atoms. The molecule has 118 valence electrons. The van der Waals surface area contributed by atoms with E-state index in [4.69, 9.17) is 4.74 Å². The number of nitrogens with zero attached hydrogens (tertiary/aromatic N) is 1. The van der Waals surface area contributed by atoms with E-state index in [1.165, 1.54) is 12.8 Å². The molecule has 2 atom stereocenters. The number of rotatable bonds is 9. The van der Waals surface area contributed by atoms with Crippen molar-refractivity contribution in [2.75, 3.05) is 39.4 Å². The number of hydrogen-bond acceptors (Lipinski definition) is 4. The van der Waals surface area contributed by atoms with E-state index >= 15 is 0 Å². The topological polar surface area (TPSA) is 53.6 Å². The number of carbonyl (C=O) groups is 1. The predicted octanol–water partition coefficient (Wildman–Crippen LogP) is 0.992. The molecule has 0 spiro atoms. The predicted molar refractivity (Wildman–Crippen MR) is 81.9 cm³/mol. The molecule has 0 aromatic rings. The maximum atomic E-state index is 11.9. The van der Waals surface area contributed by atoms with E-state index in [9.17, 15) is 4.79 Å². The Morgan fingerprint density at radius 3 is 2.60 bits per heavy atom. The van der Waals surface area contributed by atoms with Crippen LogP contribution in [0.1, 0.15) is 40.0 Å². The molecule has 0 saturated carbocycles. The fourth-order valence-corrected chi connectivity index (χ4v) is 2.47. The lowest BCUT2D eigenvalue weighted by molar-refractivity contribution is -0.123. The van der Waals surface area contributed by atoms with Crippen LogP contribution in [0.2, 0.25) is 0 Å². The molecule has 1 saturated heterocycles. The molecule has 2 N–H and O–H groups in total. The van der Waals surface area contributed by atoms with Crippen molar-refractivity contribution in [2.24, 2.45) is 0 Å². The van der Waals surface area contributed by atoms with Crippen molar-refractivity contribution in [3.8, 4) is 0 Å². The van der Waals surface area contributed by atoms with Crippen LogP contribution < -0.4 is 10.6 Å². The number of unbranched alkanes of at least 4 members (excludes halogenated alkanes) is 2. The molecule has 5 nitrogen and oxygen atoms in total. The van der Waals surface area contributed by atoms with Crippen LogP contribution in [-0.4, -0.2) is 62.3 Å². The Kier molecular flexibility index (Phi) is 8.82. The van der Waals surface area contributed by atoms with E-state index < -0.39 is 0 Å². The molecular weight excluding hydrogens is 254 g/mol. The lowest BCUT2D eigenvalue weighted by Crippen LogP contribution is -2.50. The van der Waals surface area contributed by atoms with E-state index in [1.807, 2.05) is 6.92 Å². The summed E-state index contributed by atoms with van der Waals surface area (Å²) in [6, 6.07) is 0.178. The minimum atomic E-state index is -0.132. The first-order chi connectivity index (χ1) is 9.63. The third kappa shape index (κ3) is 7.22. The van der Waals surface area contributed by atoms with Gasteiger partial charge in [0, 0.05) is 32.2 Å². The lowest BCUT2D eigenvalue weighted by atomic mass is 10.2. The van der Waals surface area contributed by atoms with E-state index in [0.29, 0.717) is 6.04 Å². The van der Waals surface area contributed by atoms with Crippen LogP contribution in [0.5, 0.6) is 0 Å². The summed E-state index contributed by atoms with van der Waals surface area (Å²) in [6.45, 7) is 11.6. The summed E-state index contributed by atoms with van der Waals surface area (Å²) in [5, 5.41) is 6.36. The van der Waals surface area contributed by atoms with E-state index in [0.717, 1.165) is 45.8 Å². The van der Waals surface area contributed by atoms with Gasteiger partial charge in [-0.25, -0.2) is 0 Å². The molecule has 0 radical (unpaired) electrons. The fraction of sp³-hybridized carbons (Fsp3) is 0.933. The fourth-order valence-electron chi connectivity index (χ4n) is 2.47. The molecule has 1 amide bonds. The van der Waals surface area contributed by atoms with Gasteiger partial charge in [0.2, 0.25) is 5.91 Å². The molecule has 1 heterocycles. The van der Waals surface area contributed by atoms with Crippen LogP contribution in [0.25, 0.3) is 0 Å². The highest BCUT2D eigenvalue weighted by Gasteiger charge is 2.18. The van der Waals surface area contributed by atoms with Gasteiger partial charge in [0.05, 0.1) is 19.3 Å². The number of nitrogens with one attached hydrogen (secondary N) is 2. The van der Waals surface area contributed by atoms with Crippen LogP contribution in [0.15, 0.2) is 0 Å². The van der Waals surface area contributed by atoms with Crippen molar-refractivity contribution in [2.45, 2.75) is 52.1 Å². The SMILES string of the molecule is CCCCCNC(=O)C(C)NC(C)CN1CCOCC1. The number of ether oxygens (including phenoxy) is 1. The first-order valence-corrected chi connectivity index (χ1v) is 7.97. The number of amides is 1. The van der Waals surface area contributed by atoms with Crippen LogP contribution in [0, 0.1) is 0 Å². The summed E-state index contributed by atoms with van der Waals surface area (Å²) >= 11 is 0. The zero-order valence-corrected chi connectivity index (χ0v) is 13.3. The summed E-state index contributed by atoms with van der Waals surface area (Å²) in [6.07, 6.45) is 3.42. The molecule has 1 aliphatic heterocycles. The third-order valence-electron chi connectivity index (χ3n) is 3.64.